The monoisotopic (exact) mass is 179 g/mol. The Balaban J connectivity index is 2.71. The van der Waals surface area contributed by atoms with Crippen LogP contribution in [0.2, 0.25) is 0 Å². The molecule has 12 heavy (non-hydrogen) atoms. The number of hydrogen-bond acceptors (Lipinski definition) is 2. The van der Waals surface area contributed by atoms with Crippen LogP contribution < -0.4 is 0 Å². The molecule has 0 aliphatic rings. The Kier molecular flexibility index (Phi) is 3.88. The van der Waals surface area contributed by atoms with Crippen molar-refractivity contribution in [2.45, 2.75) is 18.9 Å². The van der Waals surface area contributed by atoms with E-state index in [1.807, 2.05) is 25.3 Å². The van der Waals surface area contributed by atoms with Crippen molar-refractivity contribution >= 4 is 17.8 Å². The molecule has 1 rings (SSSR count). The van der Waals surface area contributed by atoms with Crippen molar-refractivity contribution in [2.75, 3.05) is 5.75 Å². The number of pyridine rings is 1. The van der Waals surface area contributed by atoms with Gasteiger partial charge in [-0.25, -0.2) is 4.98 Å². The van der Waals surface area contributed by atoms with E-state index in [1.54, 1.807) is 11.8 Å². The quantitative estimate of drug-likeness (QED) is 0.661. The van der Waals surface area contributed by atoms with E-state index in [1.165, 1.54) is 0 Å². The van der Waals surface area contributed by atoms with Crippen LogP contribution in [0.25, 0.3) is 6.08 Å². The van der Waals surface area contributed by atoms with Crippen LogP contribution in [0.5, 0.6) is 0 Å². The van der Waals surface area contributed by atoms with E-state index >= 15 is 0 Å². The summed E-state index contributed by atoms with van der Waals surface area (Å²) < 4.78 is 0. The predicted molar refractivity (Wildman–Crippen MR) is 55.3 cm³/mol. The molecule has 1 heterocycles. The maximum atomic E-state index is 4.30. The number of aromatic nitrogens is 1. The molecular formula is C10H13NS. The van der Waals surface area contributed by atoms with Crippen molar-refractivity contribution in [3.63, 3.8) is 0 Å². The standard InChI is InChI=1S/C10H13NS/c1-3-5-9-6-7-10(11-8-9)12-4-2/h3,5-8H,4H2,1-2H3. The van der Waals surface area contributed by atoms with E-state index in [0.29, 0.717) is 0 Å². The molecule has 0 bridgehead atoms. The SMILES string of the molecule is CC=Cc1ccc(SCC)nc1. The predicted octanol–water partition coefficient (Wildman–Crippen LogP) is 3.23. The third-order valence-corrected chi connectivity index (χ3v) is 2.24. The van der Waals surface area contributed by atoms with Crippen molar-refractivity contribution in [2.24, 2.45) is 0 Å². The molecule has 1 aromatic rings. The van der Waals surface area contributed by atoms with Crippen LogP contribution in [0, 0.1) is 0 Å². The van der Waals surface area contributed by atoms with Crippen LogP contribution in [0.3, 0.4) is 0 Å². The van der Waals surface area contributed by atoms with Gasteiger partial charge in [0.15, 0.2) is 0 Å². The van der Waals surface area contributed by atoms with E-state index in [-0.39, 0.29) is 0 Å². The molecule has 0 aliphatic carbocycles. The van der Waals surface area contributed by atoms with Gasteiger partial charge in [0.25, 0.3) is 0 Å². The van der Waals surface area contributed by atoms with Gasteiger partial charge in [-0.15, -0.1) is 11.8 Å². The molecule has 2 heteroatoms. The second-order valence-corrected chi connectivity index (χ2v) is 3.65. The minimum Gasteiger partial charge on any atom is -0.249 e. The molecule has 0 N–H and O–H groups in total. The highest BCUT2D eigenvalue weighted by Gasteiger charge is 1.91. The lowest BCUT2D eigenvalue weighted by atomic mass is 10.3. The van der Waals surface area contributed by atoms with E-state index in [0.717, 1.165) is 16.3 Å². The summed E-state index contributed by atoms with van der Waals surface area (Å²) in [6.45, 7) is 4.14. The van der Waals surface area contributed by atoms with Crippen LogP contribution in [-0.2, 0) is 0 Å². The van der Waals surface area contributed by atoms with Gasteiger partial charge in [-0.05, 0) is 24.3 Å². The van der Waals surface area contributed by atoms with Crippen LogP contribution in [-0.4, -0.2) is 10.7 Å². The molecule has 0 saturated heterocycles. The number of nitrogens with zero attached hydrogens (tertiary/aromatic N) is 1. The number of thioether (sulfide) groups is 1. The van der Waals surface area contributed by atoms with Crippen LogP contribution in [0.15, 0.2) is 29.4 Å². The maximum absolute atomic E-state index is 4.30. The van der Waals surface area contributed by atoms with Gasteiger partial charge < -0.3 is 0 Å². The Morgan fingerprint density at radius 1 is 1.50 bits per heavy atom. The summed E-state index contributed by atoms with van der Waals surface area (Å²) in [5.74, 6) is 1.08. The van der Waals surface area contributed by atoms with Crippen molar-refractivity contribution in [3.05, 3.63) is 30.0 Å². The molecule has 0 fully saturated rings. The molecule has 0 saturated carbocycles. The van der Waals surface area contributed by atoms with Crippen LogP contribution >= 0.6 is 11.8 Å². The summed E-state index contributed by atoms with van der Waals surface area (Å²) in [7, 11) is 0. The van der Waals surface area contributed by atoms with Crippen molar-refractivity contribution in [1.29, 1.82) is 0 Å². The molecule has 64 valence electrons. The van der Waals surface area contributed by atoms with Crippen LogP contribution in [0.4, 0.5) is 0 Å². The minimum absolute atomic E-state index is 1.08. The fourth-order valence-electron chi connectivity index (χ4n) is 0.916. The summed E-state index contributed by atoms with van der Waals surface area (Å²) in [6.07, 6.45) is 5.97. The van der Waals surface area contributed by atoms with E-state index in [2.05, 4.69) is 24.0 Å². The Bertz CT molecular complexity index is 251. The molecule has 0 unspecified atom stereocenters. The van der Waals surface area contributed by atoms with Crippen molar-refractivity contribution < 1.29 is 0 Å². The Labute approximate surface area is 77.9 Å². The summed E-state index contributed by atoms with van der Waals surface area (Å²) in [4.78, 5) is 4.30. The Morgan fingerprint density at radius 2 is 2.33 bits per heavy atom. The lowest BCUT2D eigenvalue weighted by Gasteiger charge is -1.96. The lowest BCUT2D eigenvalue weighted by molar-refractivity contribution is 1.13. The van der Waals surface area contributed by atoms with Crippen molar-refractivity contribution in [1.82, 2.24) is 4.98 Å². The Morgan fingerprint density at radius 3 is 2.83 bits per heavy atom. The summed E-state index contributed by atoms with van der Waals surface area (Å²) in [6, 6.07) is 4.15. The summed E-state index contributed by atoms with van der Waals surface area (Å²) in [5, 5.41) is 1.10. The Hall–Kier alpha value is -0.760. The molecular weight excluding hydrogens is 166 g/mol. The van der Waals surface area contributed by atoms with Gasteiger partial charge >= 0.3 is 0 Å². The number of hydrogen-bond donors (Lipinski definition) is 0. The third kappa shape index (κ3) is 2.70. The molecule has 0 spiro atoms. The van der Waals surface area contributed by atoms with E-state index in [4.69, 9.17) is 0 Å². The molecule has 0 aromatic carbocycles. The first-order chi connectivity index (χ1) is 5.86. The molecule has 0 radical (unpaired) electrons. The van der Waals surface area contributed by atoms with Gasteiger partial charge in [0.05, 0.1) is 5.03 Å². The number of allylic oxidation sites excluding steroid dienone is 1. The fourth-order valence-corrected chi connectivity index (χ4v) is 1.50. The van der Waals surface area contributed by atoms with Gasteiger partial charge in [-0.1, -0.05) is 25.1 Å². The third-order valence-electron chi connectivity index (χ3n) is 1.41. The van der Waals surface area contributed by atoms with Gasteiger partial charge in [0.2, 0.25) is 0 Å². The van der Waals surface area contributed by atoms with Crippen LogP contribution in [0.1, 0.15) is 19.4 Å². The minimum atomic E-state index is 1.08. The molecule has 0 atom stereocenters. The molecule has 0 amide bonds. The van der Waals surface area contributed by atoms with Gasteiger partial charge in [-0.2, -0.15) is 0 Å². The van der Waals surface area contributed by atoms with E-state index < -0.39 is 0 Å². The molecule has 1 nitrogen and oxygen atoms in total. The van der Waals surface area contributed by atoms with Gasteiger partial charge in [-0.3, -0.25) is 0 Å². The second kappa shape index (κ2) is 4.99. The number of rotatable bonds is 3. The molecule has 0 aliphatic heterocycles. The highest BCUT2D eigenvalue weighted by Crippen LogP contribution is 2.14. The normalized spacial score (nSPS) is 10.8. The first-order valence-corrected chi connectivity index (χ1v) is 5.07. The lowest BCUT2D eigenvalue weighted by Crippen LogP contribution is -1.80. The zero-order valence-corrected chi connectivity index (χ0v) is 8.27. The highest BCUT2D eigenvalue weighted by atomic mass is 32.2. The van der Waals surface area contributed by atoms with Gasteiger partial charge in [0, 0.05) is 6.20 Å². The second-order valence-electron chi connectivity index (χ2n) is 2.36. The fraction of sp³-hybridized carbons (Fsp3) is 0.300. The first-order valence-electron chi connectivity index (χ1n) is 4.08. The largest absolute Gasteiger partial charge is 0.249 e. The average molecular weight is 179 g/mol. The first kappa shape index (κ1) is 9.33. The zero-order chi connectivity index (χ0) is 8.81. The van der Waals surface area contributed by atoms with E-state index in [9.17, 15) is 0 Å². The topological polar surface area (TPSA) is 12.9 Å². The van der Waals surface area contributed by atoms with Gasteiger partial charge in [0.1, 0.15) is 0 Å². The zero-order valence-electron chi connectivity index (χ0n) is 7.45. The average Bonchev–Trinajstić information content (AvgIpc) is 2.09. The van der Waals surface area contributed by atoms with Crippen molar-refractivity contribution in [3.8, 4) is 0 Å². The molecule has 1 aromatic heterocycles. The highest BCUT2D eigenvalue weighted by molar-refractivity contribution is 7.99. The summed E-state index contributed by atoms with van der Waals surface area (Å²) >= 11 is 1.77. The summed E-state index contributed by atoms with van der Waals surface area (Å²) in [5.41, 5.74) is 1.16. The maximum Gasteiger partial charge on any atom is 0.0960 e. The smallest absolute Gasteiger partial charge is 0.0960 e.